The lowest BCUT2D eigenvalue weighted by Gasteiger charge is -2.22. The van der Waals surface area contributed by atoms with E-state index in [1.165, 1.54) is 0 Å². The van der Waals surface area contributed by atoms with Crippen molar-refractivity contribution in [2.24, 2.45) is 5.73 Å². The lowest BCUT2D eigenvalue weighted by molar-refractivity contribution is 0.205. The fourth-order valence-corrected chi connectivity index (χ4v) is 1.56. The van der Waals surface area contributed by atoms with E-state index in [1.54, 1.807) is 7.11 Å². The van der Waals surface area contributed by atoms with Crippen LogP contribution in [0.5, 0.6) is 5.88 Å². The van der Waals surface area contributed by atoms with E-state index in [4.69, 9.17) is 15.2 Å². The van der Waals surface area contributed by atoms with E-state index >= 15 is 0 Å². The van der Waals surface area contributed by atoms with Gasteiger partial charge in [-0.2, -0.15) is 4.98 Å². The van der Waals surface area contributed by atoms with Crippen molar-refractivity contribution in [1.82, 2.24) is 9.97 Å². The molecule has 0 saturated heterocycles. The molecule has 6 heteroatoms. The predicted octanol–water partition coefficient (Wildman–Crippen LogP) is 0.595. The minimum Gasteiger partial charge on any atom is -0.478 e. The summed E-state index contributed by atoms with van der Waals surface area (Å²) >= 11 is 0. The molecule has 0 aliphatic rings. The van der Waals surface area contributed by atoms with Gasteiger partial charge in [0.1, 0.15) is 0 Å². The van der Waals surface area contributed by atoms with Crippen molar-refractivity contribution in [2.75, 3.05) is 44.9 Å². The van der Waals surface area contributed by atoms with Gasteiger partial charge >= 0.3 is 0 Å². The van der Waals surface area contributed by atoms with E-state index in [2.05, 4.69) is 9.97 Å². The first-order valence-electron chi connectivity index (χ1n) is 6.13. The van der Waals surface area contributed by atoms with Gasteiger partial charge in [0.2, 0.25) is 11.8 Å². The van der Waals surface area contributed by atoms with Crippen LogP contribution in [0.1, 0.15) is 12.6 Å². The second-order valence-corrected chi connectivity index (χ2v) is 3.85. The minimum atomic E-state index is 0.547. The zero-order valence-corrected chi connectivity index (χ0v) is 11.3. The van der Waals surface area contributed by atoms with Crippen molar-refractivity contribution in [2.45, 2.75) is 13.8 Å². The van der Waals surface area contributed by atoms with Crippen LogP contribution in [0.25, 0.3) is 0 Å². The molecule has 18 heavy (non-hydrogen) atoms. The first-order chi connectivity index (χ1) is 8.71. The van der Waals surface area contributed by atoms with Gasteiger partial charge in [-0.05, 0) is 13.8 Å². The van der Waals surface area contributed by atoms with Gasteiger partial charge in [0.25, 0.3) is 0 Å². The van der Waals surface area contributed by atoms with E-state index < -0.39 is 0 Å². The van der Waals surface area contributed by atoms with Gasteiger partial charge in [-0.3, -0.25) is 0 Å². The molecule has 0 unspecified atom stereocenters. The molecule has 102 valence electrons. The second-order valence-electron chi connectivity index (χ2n) is 3.85. The van der Waals surface area contributed by atoms with Crippen molar-refractivity contribution < 1.29 is 9.47 Å². The number of hydrogen-bond acceptors (Lipinski definition) is 6. The SMILES string of the molecule is CCOc1cc(C)nc(N(CCN)CCOC)n1. The lowest BCUT2D eigenvalue weighted by Crippen LogP contribution is -2.34. The predicted molar refractivity (Wildman–Crippen MR) is 71.1 cm³/mol. The van der Waals surface area contributed by atoms with Crippen LogP contribution in [0.4, 0.5) is 5.95 Å². The van der Waals surface area contributed by atoms with Crippen LogP contribution in [-0.4, -0.2) is 49.9 Å². The summed E-state index contributed by atoms with van der Waals surface area (Å²) in [7, 11) is 1.67. The monoisotopic (exact) mass is 254 g/mol. The molecular weight excluding hydrogens is 232 g/mol. The number of aryl methyl sites for hydroxylation is 1. The number of ether oxygens (including phenoxy) is 2. The number of anilines is 1. The molecule has 0 radical (unpaired) electrons. The summed E-state index contributed by atoms with van der Waals surface area (Å²) in [5.74, 6) is 1.24. The number of hydrogen-bond donors (Lipinski definition) is 1. The molecule has 0 aliphatic carbocycles. The summed E-state index contributed by atoms with van der Waals surface area (Å²) in [5, 5.41) is 0. The Morgan fingerprint density at radius 2 is 2.11 bits per heavy atom. The first-order valence-corrected chi connectivity index (χ1v) is 6.13. The summed E-state index contributed by atoms with van der Waals surface area (Å²) in [6.45, 7) is 7.00. The maximum absolute atomic E-state index is 5.60. The number of methoxy groups -OCH3 is 1. The molecule has 1 aromatic heterocycles. The maximum atomic E-state index is 5.60. The Balaban J connectivity index is 2.87. The number of nitrogens with two attached hydrogens (primary N) is 1. The Morgan fingerprint density at radius 3 is 2.72 bits per heavy atom. The topological polar surface area (TPSA) is 73.5 Å². The number of aromatic nitrogens is 2. The molecule has 0 bridgehead atoms. The summed E-state index contributed by atoms with van der Waals surface area (Å²) in [5.41, 5.74) is 6.48. The molecule has 0 spiro atoms. The third-order valence-corrected chi connectivity index (χ3v) is 2.36. The van der Waals surface area contributed by atoms with E-state index in [0.717, 1.165) is 5.69 Å². The van der Waals surface area contributed by atoms with Gasteiger partial charge in [0, 0.05) is 38.5 Å². The molecule has 0 atom stereocenters. The highest BCUT2D eigenvalue weighted by Crippen LogP contribution is 2.15. The summed E-state index contributed by atoms with van der Waals surface area (Å²) in [6, 6.07) is 1.82. The zero-order chi connectivity index (χ0) is 13.4. The third kappa shape index (κ3) is 4.46. The van der Waals surface area contributed by atoms with Crippen LogP contribution in [-0.2, 0) is 4.74 Å². The van der Waals surface area contributed by atoms with E-state index in [9.17, 15) is 0 Å². The molecule has 1 rings (SSSR count). The third-order valence-electron chi connectivity index (χ3n) is 2.36. The average molecular weight is 254 g/mol. The summed E-state index contributed by atoms with van der Waals surface area (Å²) < 4.78 is 10.5. The minimum absolute atomic E-state index is 0.547. The van der Waals surface area contributed by atoms with E-state index in [1.807, 2.05) is 24.8 Å². The van der Waals surface area contributed by atoms with Gasteiger partial charge in [-0.25, -0.2) is 4.98 Å². The van der Waals surface area contributed by atoms with E-state index in [-0.39, 0.29) is 0 Å². The van der Waals surface area contributed by atoms with E-state index in [0.29, 0.717) is 44.7 Å². The molecule has 0 aromatic carbocycles. The standard InChI is InChI=1S/C12H22N4O2/c1-4-18-11-9-10(2)14-12(15-11)16(6-5-13)7-8-17-3/h9H,4-8,13H2,1-3H3. The van der Waals surface area contributed by atoms with Gasteiger partial charge < -0.3 is 20.1 Å². The van der Waals surface area contributed by atoms with Crippen molar-refractivity contribution in [1.29, 1.82) is 0 Å². The van der Waals surface area contributed by atoms with Crippen LogP contribution in [0.2, 0.25) is 0 Å². The normalized spacial score (nSPS) is 10.4. The van der Waals surface area contributed by atoms with Crippen molar-refractivity contribution in [3.05, 3.63) is 11.8 Å². The summed E-state index contributed by atoms with van der Waals surface area (Å²) in [4.78, 5) is 10.8. The fourth-order valence-electron chi connectivity index (χ4n) is 1.56. The van der Waals surface area contributed by atoms with Crippen molar-refractivity contribution in [3.8, 4) is 5.88 Å². The van der Waals surface area contributed by atoms with Gasteiger partial charge in [0.05, 0.1) is 13.2 Å². The highest BCUT2D eigenvalue weighted by molar-refractivity contribution is 5.34. The Kier molecular flexibility index (Phi) is 6.38. The van der Waals surface area contributed by atoms with Crippen LogP contribution >= 0.6 is 0 Å². The molecule has 0 aliphatic heterocycles. The fraction of sp³-hybridized carbons (Fsp3) is 0.667. The van der Waals surface area contributed by atoms with Crippen LogP contribution < -0.4 is 15.4 Å². The average Bonchev–Trinajstić information content (AvgIpc) is 2.34. The molecule has 1 heterocycles. The van der Waals surface area contributed by atoms with Crippen molar-refractivity contribution >= 4 is 5.95 Å². The highest BCUT2D eigenvalue weighted by Gasteiger charge is 2.11. The van der Waals surface area contributed by atoms with Crippen LogP contribution in [0.3, 0.4) is 0 Å². The zero-order valence-electron chi connectivity index (χ0n) is 11.3. The molecular formula is C12H22N4O2. The Hall–Kier alpha value is -1.40. The molecule has 2 N–H and O–H groups in total. The van der Waals surface area contributed by atoms with Gasteiger partial charge in [-0.15, -0.1) is 0 Å². The Bertz CT molecular complexity index is 360. The molecule has 0 saturated carbocycles. The Labute approximate surface area is 108 Å². The van der Waals surface area contributed by atoms with Crippen molar-refractivity contribution in [3.63, 3.8) is 0 Å². The summed E-state index contributed by atoms with van der Waals surface area (Å²) in [6.07, 6.45) is 0. The molecule has 1 aromatic rings. The first kappa shape index (κ1) is 14.7. The number of nitrogens with zero attached hydrogens (tertiary/aromatic N) is 3. The highest BCUT2D eigenvalue weighted by atomic mass is 16.5. The quantitative estimate of drug-likeness (QED) is 0.732. The van der Waals surface area contributed by atoms with Crippen LogP contribution in [0, 0.1) is 6.92 Å². The van der Waals surface area contributed by atoms with Gasteiger partial charge in [0.15, 0.2) is 0 Å². The maximum Gasteiger partial charge on any atom is 0.228 e. The molecule has 6 nitrogen and oxygen atoms in total. The smallest absolute Gasteiger partial charge is 0.228 e. The number of rotatable bonds is 8. The molecule has 0 fully saturated rings. The largest absolute Gasteiger partial charge is 0.478 e. The van der Waals surface area contributed by atoms with Gasteiger partial charge in [-0.1, -0.05) is 0 Å². The Morgan fingerprint density at radius 1 is 1.33 bits per heavy atom. The molecule has 0 amide bonds. The van der Waals surface area contributed by atoms with Crippen LogP contribution in [0.15, 0.2) is 6.07 Å². The second kappa shape index (κ2) is 7.84. The lowest BCUT2D eigenvalue weighted by atomic mass is 10.4.